The maximum atomic E-state index is 12.0. The van der Waals surface area contributed by atoms with Crippen LogP contribution in [0.1, 0.15) is 15.9 Å². The zero-order chi connectivity index (χ0) is 15.4. The Morgan fingerprint density at radius 1 is 1.14 bits per heavy atom. The van der Waals surface area contributed by atoms with Crippen LogP contribution >= 0.6 is 0 Å². The minimum Gasteiger partial charge on any atom is -0.348 e. The summed E-state index contributed by atoms with van der Waals surface area (Å²) in [5.74, 6) is -0.0867. The summed E-state index contributed by atoms with van der Waals surface area (Å²) in [6.45, 7) is 0.451. The van der Waals surface area contributed by atoms with Crippen molar-refractivity contribution in [3.8, 4) is 11.4 Å². The van der Waals surface area contributed by atoms with Crippen molar-refractivity contribution in [2.24, 2.45) is 7.05 Å². The lowest BCUT2D eigenvalue weighted by Crippen LogP contribution is -2.22. The van der Waals surface area contributed by atoms with Gasteiger partial charge < -0.3 is 5.32 Å². The third-order valence-corrected chi connectivity index (χ3v) is 3.40. The zero-order valence-corrected chi connectivity index (χ0v) is 12.2. The van der Waals surface area contributed by atoms with Gasteiger partial charge in [0, 0.05) is 31.5 Å². The largest absolute Gasteiger partial charge is 0.348 e. The van der Waals surface area contributed by atoms with E-state index in [1.807, 2.05) is 43.4 Å². The van der Waals surface area contributed by atoms with Crippen LogP contribution in [0.15, 0.2) is 60.9 Å². The Morgan fingerprint density at radius 3 is 2.59 bits per heavy atom. The van der Waals surface area contributed by atoms with Gasteiger partial charge in [-0.05, 0) is 29.8 Å². The highest BCUT2D eigenvalue weighted by Gasteiger charge is 2.06. The van der Waals surface area contributed by atoms with E-state index >= 15 is 0 Å². The van der Waals surface area contributed by atoms with E-state index in [9.17, 15) is 4.79 Å². The van der Waals surface area contributed by atoms with Crippen LogP contribution in [-0.4, -0.2) is 20.7 Å². The highest BCUT2D eigenvalue weighted by molar-refractivity contribution is 5.94. The molecule has 2 heterocycles. The first-order valence-corrected chi connectivity index (χ1v) is 7.00. The quantitative estimate of drug-likeness (QED) is 0.803. The topological polar surface area (TPSA) is 59.8 Å². The molecule has 0 aliphatic heterocycles. The van der Waals surface area contributed by atoms with E-state index < -0.39 is 0 Å². The molecule has 22 heavy (non-hydrogen) atoms. The molecule has 0 saturated carbocycles. The molecule has 0 radical (unpaired) electrons. The Morgan fingerprint density at radius 2 is 1.95 bits per heavy atom. The number of carbonyl (C=O) groups excluding carboxylic acids is 1. The number of nitrogens with zero attached hydrogens (tertiary/aromatic N) is 3. The summed E-state index contributed by atoms with van der Waals surface area (Å²) < 4.78 is 1.78. The summed E-state index contributed by atoms with van der Waals surface area (Å²) >= 11 is 0. The third kappa shape index (κ3) is 3.03. The van der Waals surface area contributed by atoms with Crippen LogP contribution in [0.25, 0.3) is 11.4 Å². The summed E-state index contributed by atoms with van der Waals surface area (Å²) in [6, 6.07) is 15.0. The van der Waals surface area contributed by atoms with Crippen molar-refractivity contribution in [1.29, 1.82) is 0 Å². The number of benzene rings is 1. The molecule has 1 amide bonds. The van der Waals surface area contributed by atoms with Crippen LogP contribution in [0, 0.1) is 0 Å². The number of hydrogen-bond acceptors (Lipinski definition) is 3. The molecular weight excluding hydrogens is 276 g/mol. The van der Waals surface area contributed by atoms with Crippen LogP contribution in [0.2, 0.25) is 0 Å². The predicted octanol–water partition coefficient (Wildman–Crippen LogP) is 2.41. The fourth-order valence-corrected chi connectivity index (χ4v) is 2.18. The van der Waals surface area contributed by atoms with Gasteiger partial charge in [0.2, 0.25) is 0 Å². The molecule has 3 aromatic rings. The number of rotatable bonds is 4. The van der Waals surface area contributed by atoms with Gasteiger partial charge >= 0.3 is 0 Å². The van der Waals surface area contributed by atoms with E-state index in [0.717, 1.165) is 17.0 Å². The van der Waals surface area contributed by atoms with Crippen molar-refractivity contribution in [3.63, 3.8) is 0 Å². The molecule has 1 N–H and O–H groups in total. The Bertz CT molecular complexity index is 763. The normalized spacial score (nSPS) is 10.4. The van der Waals surface area contributed by atoms with Gasteiger partial charge in [-0.25, -0.2) is 0 Å². The molecule has 110 valence electrons. The molecule has 0 aliphatic rings. The van der Waals surface area contributed by atoms with Crippen LogP contribution in [-0.2, 0) is 13.6 Å². The average molecular weight is 292 g/mol. The van der Waals surface area contributed by atoms with E-state index in [4.69, 9.17) is 0 Å². The van der Waals surface area contributed by atoms with Gasteiger partial charge in [0.15, 0.2) is 0 Å². The second-order valence-electron chi connectivity index (χ2n) is 4.94. The van der Waals surface area contributed by atoms with Gasteiger partial charge in [0.05, 0.1) is 11.4 Å². The average Bonchev–Trinajstić information content (AvgIpc) is 3.00. The summed E-state index contributed by atoms with van der Waals surface area (Å²) in [6.07, 6.45) is 3.51. The van der Waals surface area contributed by atoms with E-state index in [0.29, 0.717) is 12.1 Å². The fraction of sp³-hybridized carbons (Fsp3) is 0.118. The molecule has 0 unspecified atom stereocenters. The van der Waals surface area contributed by atoms with Crippen LogP contribution in [0.5, 0.6) is 0 Å². The standard InChI is InChI=1S/C17H16N4O/c1-21-16(9-10-20-21)15-8-7-13(11-18-15)12-19-17(22)14-5-3-2-4-6-14/h2-11H,12H2,1H3,(H,19,22). The molecule has 0 saturated heterocycles. The summed E-state index contributed by atoms with van der Waals surface area (Å²) in [5.41, 5.74) is 3.43. The first kappa shape index (κ1) is 14.0. The molecule has 2 aromatic heterocycles. The van der Waals surface area contributed by atoms with Crippen molar-refractivity contribution in [2.75, 3.05) is 0 Å². The molecule has 0 fully saturated rings. The molecule has 0 atom stereocenters. The molecule has 5 nitrogen and oxygen atoms in total. The Kier molecular flexibility index (Phi) is 3.96. The van der Waals surface area contributed by atoms with Gasteiger partial charge in [-0.2, -0.15) is 5.10 Å². The summed E-state index contributed by atoms with van der Waals surface area (Å²) in [4.78, 5) is 16.4. The number of hydrogen-bond donors (Lipinski definition) is 1. The number of carbonyl (C=O) groups is 1. The predicted molar refractivity (Wildman–Crippen MR) is 84.1 cm³/mol. The third-order valence-electron chi connectivity index (χ3n) is 3.40. The second-order valence-corrected chi connectivity index (χ2v) is 4.94. The zero-order valence-electron chi connectivity index (χ0n) is 12.2. The van der Waals surface area contributed by atoms with Crippen molar-refractivity contribution in [2.45, 2.75) is 6.54 Å². The maximum absolute atomic E-state index is 12.0. The number of pyridine rings is 1. The van der Waals surface area contributed by atoms with Gasteiger partial charge in [-0.15, -0.1) is 0 Å². The number of aryl methyl sites for hydroxylation is 1. The minimum atomic E-state index is -0.0867. The van der Waals surface area contributed by atoms with Crippen LogP contribution in [0.4, 0.5) is 0 Å². The fourth-order valence-electron chi connectivity index (χ4n) is 2.18. The highest BCUT2D eigenvalue weighted by atomic mass is 16.1. The monoisotopic (exact) mass is 292 g/mol. The summed E-state index contributed by atoms with van der Waals surface area (Å²) in [7, 11) is 1.88. The SMILES string of the molecule is Cn1nccc1-c1ccc(CNC(=O)c2ccccc2)cn1. The number of amides is 1. The second kappa shape index (κ2) is 6.22. The van der Waals surface area contributed by atoms with Crippen molar-refractivity contribution in [3.05, 3.63) is 72.1 Å². The molecular formula is C17H16N4O. The van der Waals surface area contributed by atoms with Crippen LogP contribution in [0.3, 0.4) is 0 Å². The Balaban J connectivity index is 1.65. The molecule has 0 bridgehead atoms. The molecule has 0 spiro atoms. The first-order valence-electron chi connectivity index (χ1n) is 7.00. The van der Waals surface area contributed by atoms with Crippen LogP contribution < -0.4 is 5.32 Å². The maximum Gasteiger partial charge on any atom is 0.251 e. The van der Waals surface area contributed by atoms with Gasteiger partial charge in [0.25, 0.3) is 5.91 Å². The van der Waals surface area contributed by atoms with E-state index in [-0.39, 0.29) is 5.91 Å². The molecule has 5 heteroatoms. The molecule has 0 aliphatic carbocycles. The Labute approximate surface area is 128 Å². The molecule has 1 aromatic carbocycles. The lowest BCUT2D eigenvalue weighted by molar-refractivity contribution is 0.0951. The smallest absolute Gasteiger partial charge is 0.251 e. The van der Waals surface area contributed by atoms with Crippen molar-refractivity contribution < 1.29 is 4.79 Å². The highest BCUT2D eigenvalue weighted by Crippen LogP contribution is 2.15. The summed E-state index contributed by atoms with van der Waals surface area (Å²) in [5, 5.41) is 7.01. The lowest BCUT2D eigenvalue weighted by atomic mass is 10.2. The van der Waals surface area contributed by atoms with E-state index in [2.05, 4.69) is 15.4 Å². The molecule has 3 rings (SSSR count). The van der Waals surface area contributed by atoms with Crippen molar-refractivity contribution in [1.82, 2.24) is 20.1 Å². The Hall–Kier alpha value is -2.95. The van der Waals surface area contributed by atoms with E-state index in [1.54, 1.807) is 29.2 Å². The van der Waals surface area contributed by atoms with Crippen molar-refractivity contribution >= 4 is 5.91 Å². The van der Waals surface area contributed by atoms with Gasteiger partial charge in [0.1, 0.15) is 0 Å². The minimum absolute atomic E-state index is 0.0867. The lowest BCUT2D eigenvalue weighted by Gasteiger charge is -2.06. The van der Waals surface area contributed by atoms with Gasteiger partial charge in [-0.3, -0.25) is 14.5 Å². The number of aromatic nitrogens is 3. The van der Waals surface area contributed by atoms with Gasteiger partial charge in [-0.1, -0.05) is 24.3 Å². The van der Waals surface area contributed by atoms with E-state index in [1.165, 1.54) is 0 Å². The first-order chi connectivity index (χ1) is 10.7. The number of nitrogens with one attached hydrogen (secondary N) is 1.